The Morgan fingerprint density at radius 2 is 1.85 bits per heavy atom. The highest BCUT2D eigenvalue weighted by Crippen LogP contribution is 2.42. The number of nitro benzene ring substituents is 1. The molecule has 1 N–H and O–H groups in total. The lowest BCUT2D eigenvalue weighted by Gasteiger charge is -2.32. The molecule has 0 amide bonds. The average Bonchev–Trinajstić information content (AvgIpc) is 2.87. The molecule has 0 radical (unpaired) electrons. The van der Waals surface area contributed by atoms with Gasteiger partial charge >= 0.3 is 5.97 Å². The zero-order valence-electron chi connectivity index (χ0n) is 23.0. The highest BCUT2D eigenvalue weighted by Gasteiger charge is 2.38. The van der Waals surface area contributed by atoms with E-state index in [-0.39, 0.29) is 40.4 Å². The Labute approximate surface area is 227 Å². The predicted molar refractivity (Wildman–Crippen MR) is 142 cm³/mol. The number of ether oxygens (including phenoxy) is 2. The van der Waals surface area contributed by atoms with Crippen molar-refractivity contribution in [2.24, 2.45) is 10.4 Å². The average molecular weight is 540 g/mol. The summed E-state index contributed by atoms with van der Waals surface area (Å²) in [5, 5.41) is 24.2. The second-order valence-corrected chi connectivity index (χ2v) is 10.5. The fraction of sp³-hybridized carbons (Fsp3) is 0.379. The lowest BCUT2D eigenvalue weighted by Crippen LogP contribution is -3.09. The fourth-order valence-corrected chi connectivity index (χ4v) is 4.97. The van der Waals surface area contributed by atoms with Crippen LogP contribution in [0.3, 0.4) is 0 Å². The molecule has 0 bridgehead atoms. The molecule has 1 aliphatic heterocycles. The molecular formula is C29H34FN3O6. The van der Waals surface area contributed by atoms with Crippen molar-refractivity contribution in [3.63, 3.8) is 0 Å². The van der Waals surface area contributed by atoms with Gasteiger partial charge < -0.3 is 19.5 Å². The minimum Gasteiger partial charge on any atom is -0.616 e. The normalized spacial score (nSPS) is 17.8. The van der Waals surface area contributed by atoms with Crippen molar-refractivity contribution in [3.8, 4) is 0 Å². The molecule has 2 atom stereocenters. The molecule has 2 unspecified atom stereocenters. The lowest BCUT2D eigenvalue weighted by atomic mass is 9.79. The number of hydrogen-bond donors (Lipinski definition) is 1. The molecule has 3 rings (SSSR count). The number of hydrogen-bond acceptors (Lipinski definition) is 7. The van der Waals surface area contributed by atoms with Crippen LogP contribution in [0.2, 0.25) is 0 Å². The van der Waals surface area contributed by atoms with E-state index in [4.69, 9.17) is 9.47 Å². The van der Waals surface area contributed by atoms with Crippen molar-refractivity contribution in [3.05, 3.63) is 98.4 Å². The second kappa shape index (κ2) is 12.2. The van der Waals surface area contributed by atoms with Crippen LogP contribution in [0.1, 0.15) is 44.7 Å². The largest absolute Gasteiger partial charge is 0.616 e. The van der Waals surface area contributed by atoms with Crippen molar-refractivity contribution >= 4 is 17.4 Å². The van der Waals surface area contributed by atoms with E-state index in [0.717, 1.165) is 31.9 Å². The van der Waals surface area contributed by atoms with Gasteiger partial charge in [-0.25, -0.2) is 9.18 Å². The molecule has 0 aromatic heterocycles. The van der Waals surface area contributed by atoms with Gasteiger partial charge in [0.25, 0.3) is 5.69 Å². The molecule has 9 nitrogen and oxygen atoms in total. The Balaban J connectivity index is 1.92. The number of halogens is 1. The number of quaternary nitrogens is 1. The summed E-state index contributed by atoms with van der Waals surface area (Å²) in [6.07, 6.45) is 0. The van der Waals surface area contributed by atoms with Gasteiger partial charge in [0, 0.05) is 51.6 Å². The summed E-state index contributed by atoms with van der Waals surface area (Å²) in [6, 6.07) is 13.0. The maximum absolute atomic E-state index is 15.1. The zero-order valence-corrected chi connectivity index (χ0v) is 23.0. The quantitative estimate of drug-likeness (QED) is 0.215. The van der Waals surface area contributed by atoms with E-state index < -0.39 is 34.0 Å². The number of carbonyl (C=O) groups excluding carboxylic acids is 1. The molecule has 0 spiro atoms. The van der Waals surface area contributed by atoms with Crippen LogP contribution in [0, 0.1) is 21.3 Å². The number of allylic oxidation sites excluding steroid dienone is 2. The van der Waals surface area contributed by atoms with E-state index >= 15 is 4.39 Å². The Hall–Kier alpha value is -4.05. The smallest absolute Gasteiger partial charge is 0.336 e. The molecule has 2 aromatic carbocycles. The Kier molecular flexibility index (Phi) is 9.24. The Morgan fingerprint density at radius 3 is 2.46 bits per heavy atom. The van der Waals surface area contributed by atoms with Crippen molar-refractivity contribution in [1.29, 1.82) is 0 Å². The summed E-state index contributed by atoms with van der Waals surface area (Å²) >= 11 is 0. The monoisotopic (exact) mass is 539 g/mol. The molecule has 39 heavy (non-hydrogen) atoms. The number of aliphatic imine (C=N–C) groups is 1. The Morgan fingerprint density at radius 1 is 1.18 bits per heavy atom. The van der Waals surface area contributed by atoms with E-state index in [0.29, 0.717) is 6.54 Å². The van der Waals surface area contributed by atoms with Gasteiger partial charge in [0.05, 0.1) is 30.0 Å². The van der Waals surface area contributed by atoms with Crippen LogP contribution in [0.5, 0.6) is 0 Å². The van der Waals surface area contributed by atoms with Crippen molar-refractivity contribution in [2.45, 2.75) is 40.2 Å². The lowest BCUT2D eigenvalue weighted by molar-refractivity contribution is -0.900. The first-order valence-electron chi connectivity index (χ1n) is 12.5. The summed E-state index contributed by atoms with van der Waals surface area (Å²) in [7, 11) is 3.21. The van der Waals surface area contributed by atoms with E-state index in [1.807, 2.05) is 32.0 Å². The summed E-state index contributed by atoms with van der Waals surface area (Å²) in [6.45, 7) is 8.57. The highest BCUT2D eigenvalue weighted by molar-refractivity contribution is 6.06. The van der Waals surface area contributed by atoms with Gasteiger partial charge in [-0.3, -0.25) is 15.1 Å². The van der Waals surface area contributed by atoms with Crippen LogP contribution in [-0.2, 0) is 20.8 Å². The first-order chi connectivity index (χ1) is 18.3. The molecule has 0 aliphatic carbocycles. The number of esters is 1. The minimum absolute atomic E-state index is 0.0507. The fourth-order valence-electron chi connectivity index (χ4n) is 4.97. The van der Waals surface area contributed by atoms with Crippen LogP contribution < -0.4 is 10.0 Å². The van der Waals surface area contributed by atoms with Gasteiger partial charge in [-0.2, -0.15) is 0 Å². The molecule has 2 aromatic rings. The summed E-state index contributed by atoms with van der Waals surface area (Å²) in [5.74, 6) is -3.71. The van der Waals surface area contributed by atoms with E-state index in [2.05, 4.69) is 24.2 Å². The van der Waals surface area contributed by atoms with E-state index in [1.165, 1.54) is 17.4 Å². The third-order valence-electron chi connectivity index (χ3n) is 6.54. The van der Waals surface area contributed by atoms with Crippen molar-refractivity contribution < 1.29 is 33.6 Å². The number of benzene rings is 2. The van der Waals surface area contributed by atoms with Crippen molar-refractivity contribution in [1.82, 2.24) is 0 Å². The third kappa shape index (κ3) is 7.08. The number of nitro groups is 1. The van der Waals surface area contributed by atoms with Gasteiger partial charge in [0.2, 0.25) is 0 Å². The molecule has 1 heterocycles. The summed E-state index contributed by atoms with van der Waals surface area (Å²) in [4.78, 5) is 29.8. The van der Waals surface area contributed by atoms with Gasteiger partial charge in [-0.05, 0) is 27.0 Å². The number of nitrogens with one attached hydrogen (secondary N) is 1. The molecule has 1 aliphatic rings. The van der Waals surface area contributed by atoms with Crippen LogP contribution in [0.4, 0.5) is 10.1 Å². The van der Waals surface area contributed by atoms with Crippen LogP contribution in [0.15, 0.2) is 76.3 Å². The van der Waals surface area contributed by atoms with Crippen molar-refractivity contribution in [2.75, 3.05) is 27.3 Å². The van der Waals surface area contributed by atoms with Crippen LogP contribution >= 0.6 is 0 Å². The maximum Gasteiger partial charge on any atom is 0.336 e. The van der Waals surface area contributed by atoms with Crippen LogP contribution in [0.25, 0.3) is 0 Å². The van der Waals surface area contributed by atoms with E-state index in [1.54, 1.807) is 6.92 Å². The number of methoxy groups -OCH3 is 1. The van der Waals surface area contributed by atoms with Gasteiger partial charge in [-0.15, -0.1) is 0 Å². The molecular weight excluding hydrogens is 505 g/mol. The van der Waals surface area contributed by atoms with Gasteiger partial charge in [-0.1, -0.05) is 44.2 Å². The predicted octanol–water partition coefficient (Wildman–Crippen LogP) is 3.07. The van der Waals surface area contributed by atoms with Crippen LogP contribution in [-0.4, -0.2) is 43.9 Å². The van der Waals surface area contributed by atoms with E-state index in [9.17, 15) is 20.0 Å². The number of non-ortho nitro benzene ring substituents is 1. The SMILES string of the molecule is COC([O-])=C1C(C)=NC(C)=C(C(=O)OCC(C)(C)C[NH+](C)Cc2ccccc2)C1c1cc([N+](=O)[O-])ccc1F. The molecule has 0 saturated heterocycles. The molecule has 0 saturated carbocycles. The molecule has 0 fully saturated rings. The number of rotatable bonds is 10. The third-order valence-corrected chi connectivity index (χ3v) is 6.54. The standard InChI is InChI=1S/C29H34FN3O6/c1-18-24(27(34)38-6)26(22-14-21(33(36)37)12-13-23(22)30)25(19(2)31-18)28(35)39-17-29(3,4)16-32(5)15-20-10-8-7-9-11-20/h7-14,26,34H,15-17H2,1-6H3. The first-order valence-corrected chi connectivity index (χ1v) is 12.5. The zero-order chi connectivity index (χ0) is 28.9. The second-order valence-electron chi connectivity index (χ2n) is 10.5. The Bertz CT molecular complexity index is 1330. The summed E-state index contributed by atoms with van der Waals surface area (Å²) < 4.78 is 25.8. The molecule has 208 valence electrons. The summed E-state index contributed by atoms with van der Waals surface area (Å²) in [5.41, 5.74) is 0.471. The van der Waals surface area contributed by atoms with Gasteiger partial charge in [0.1, 0.15) is 19.0 Å². The highest BCUT2D eigenvalue weighted by atomic mass is 19.1. The maximum atomic E-state index is 15.1. The van der Waals surface area contributed by atoms with Gasteiger partial charge in [0.15, 0.2) is 0 Å². The molecule has 10 heteroatoms. The number of nitrogens with zero attached hydrogens (tertiary/aromatic N) is 2. The topological polar surface area (TPSA) is 119 Å². The first kappa shape index (κ1) is 29.5. The minimum atomic E-state index is -1.29. The number of carbonyl (C=O) groups is 1.